The third-order valence-corrected chi connectivity index (χ3v) is 4.88. The summed E-state index contributed by atoms with van der Waals surface area (Å²) in [5, 5.41) is 12.4. The predicted octanol–water partition coefficient (Wildman–Crippen LogP) is 0.987. The number of methoxy groups -OCH3 is 1. The van der Waals surface area contributed by atoms with Gasteiger partial charge < -0.3 is 20.1 Å². The molecule has 2 N–H and O–H groups in total. The molecule has 2 rings (SSSR count). The Morgan fingerprint density at radius 3 is 2.91 bits per heavy atom. The van der Waals surface area contributed by atoms with Crippen molar-refractivity contribution in [1.82, 2.24) is 10.2 Å². The summed E-state index contributed by atoms with van der Waals surface area (Å²) in [6.45, 7) is 0.837. The molecule has 1 saturated heterocycles. The van der Waals surface area contributed by atoms with E-state index in [1.54, 1.807) is 17.0 Å². The van der Waals surface area contributed by atoms with E-state index in [-0.39, 0.29) is 37.0 Å². The fourth-order valence-electron chi connectivity index (χ4n) is 2.56. The monoisotopic (exact) mass is 346 g/mol. The van der Waals surface area contributed by atoms with Crippen molar-refractivity contribution in [1.29, 1.82) is 0 Å². The van der Waals surface area contributed by atoms with E-state index in [9.17, 15) is 14.7 Å². The van der Waals surface area contributed by atoms with Gasteiger partial charge in [0.1, 0.15) is 6.61 Å². The van der Waals surface area contributed by atoms with Crippen LogP contribution >= 0.6 is 22.9 Å². The second-order valence-corrected chi connectivity index (χ2v) is 6.91. The molecule has 0 radical (unpaired) electrons. The Hall–Kier alpha value is -1.15. The van der Waals surface area contributed by atoms with Gasteiger partial charge in [-0.1, -0.05) is 11.6 Å². The number of likely N-dealkylation sites (tertiary alicyclic amines) is 1. The van der Waals surface area contributed by atoms with Gasteiger partial charge in [0.05, 0.1) is 9.21 Å². The number of carbonyl (C=O) groups is 2. The summed E-state index contributed by atoms with van der Waals surface area (Å²) >= 11 is 7.10. The van der Waals surface area contributed by atoms with Crippen LogP contribution in [0.25, 0.3) is 0 Å². The van der Waals surface area contributed by atoms with Crippen LogP contribution in [0.5, 0.6) is 0 Å². The second kappa shape index (κ2) is 7.92. The van der Waals surface area contributed by atoms with Gasteiger partial charge in [-0.05, 0) is 18.6 Å². The summed E-state index contributed by atoms with van der Waals surface area (Å²) in [5.41, 5.74) is 0. The first-order valence-electron chi connectivity index (χ1n) is 6.99. The average Bonchev–Trinajstić information content (AvgIpc) is 2.93. The molecule has 1 aromatic heterocycles. The number of amides is 2. The Kier molecular flexibility index (Phi) is 6.19. The minimum Gasteiger partial charge on any atom is -0.396 e. The van der Waals surface area contributed by atoms with Gasteiger partial charge in [0.25, 0.3) is 5.91 Å². The van der Waals surface area contributed by atoms with Gasteiger partial charge in [0.15, 0.2) is 0 Å². The summed E-state index contributed by atoms with van der Waals surface area (Å²) in [5.74, 6) is -0.485. The lowest BCUT2D eigenvalue weighted by Crippen LogP contribution is -2.54. The molecule has 2 amide bonds. The minimum atomic E-state index is -0.212. The highest BCUT2D eigenvalue weighted by Crippen LogP contribution is 2.25. The molecule has 2 atom stereocenters. The zero-order valence-corrected chi connectivity index (χ0v) is 13.8. The van der Waals surface area contributed by atoms with Crippen molar-refractivity contribution in [3.63, 3.8) is 0 Å². The first-order valence-corrected chi connectivity index (χ1v) is 8.18. The zero-order chi connectivity index (χ0) is 16.1. The van der Waals surface area contributed by atoms with E-state index in [1.165, 1.54) is 18.4 Å². The Morgan fingerprint density at radius 1 is 1.55 bits per heavy atom. The summed E-state index contributed by atoms with van der Waals surface area (Å²) < 4.78 is 5.36. The van der Waals surface area contributed by atoms with E-state index in [0.29, 0.717) is 28.7 Å². The lowest BCUT2D eigenvalue weighted by atomic mass is 9.92. The third-order valence-electron chi connectivity index (χ3n) is 3.66. The minimum absolute atomic E-state index is 0.00894. The van der Waals surface area contributed by atoms with Crippen LogP contribution in [0.3, 0.4) is 0 Å². The van der Waals surface area contributed by atoms with Crippen LogP contribution in [0, 0.1) is 5.92 Å². The molecule has 1 aliphatic rings. The number of halogens is 1. The van der Waals surface area contributed by atoms with Crippen molar-refractivity contribution in [2.45, 2.75) is 12.5 Å². The lowest BCUT2D eigenvalue weighted by Gasteiger charge is -2.38. The van der Waals surface area contributed by atoms with Crippen LogP contribution in [-0.2, 0) is 9.53 Å². The van der Waals surface area contributed by atoms with Crippen molar-refractivity contribution in [2.24, 2.45) is 5.92 Å². The maximum atomic E-state index is 12.4. The standard InChI is InChI=1S/C14H19ClN2O4S/c1-21-8-13(19)16-10-4-5-17(6-9(10)7-18)14(20)11-2-3-12(15)22-11/h2-3,9-10,18H,4-8H2,1H3,(H,16,19)/t9-,10-/m1/s1. The van der Waals surface area contributed by atoms with Crippen molar-refractivity contribution in [3.05, 3.63) is 21.3 Å². The van der Waals surface area contributed by atoms with E-state index >= 15 is 0 Å². The van der Waals surface area contributed by atoms with Crippen molar-refractivity contribution < 1.29 is 19.4 Å². The van der Waals surface area contributed by atoms with Gasteiger partial charge in [-0.15, -0.1) is 11.3 Å². The van der Waals surface area contributed by atoms with E-state index in [0.717, 1.165) is 0 Å². The van der Waals surface area contributed by atoms with Crippen molar-refractivity contribution in [2.75, 3.05) is 33.4 Å². The Bertz CT molecular complexity index is 537. The van der Waals surface area contributed by atoms with Gasteiger partial charge in [-0.2, -0.15) is 0 Å². The zero-order valence-electron chi connectivity index (χ0n) is 12.3. The Morgan fingerprint density at radius 2 is 2.32 bits per heavy atom. The number of piperidine rings is 1. The number of thiophene rings is 1. The molecule has 1 aromatic rings. The van der Waals surface area contributed by atoms with Gasteiger partial charge in [-0.25, -0.2) is 0 Å². The van der Waals surface area contributed by atoms with E-state index in [1.807, 2.05) is 0 Å². The molecule has 1 fully saturated rings. The maximum absolute atomic E-state index is 12.4. The Balaban J connectivity index is 1.97. The van der Waals surface area contributed by atoms with Gasteiger partial charge >= 0.3 is 0 Å². The van der Waals surface area contributed by atoms with Gasteiger partial charge in [0, 0.05) is 38.8 Å². The predicted molar refractivity (Wildman–Crippen MR) is 84.2 cm³/mol. The first-order chi connectivity index (χ1) is 10.5. The highest BCUT2D eigenvalue weighted by molar-refractivity contribution is 7.17. The maximum Gasteiger partial charge on any atom is 0.263 e. The number of aliphatic hydroxyl groups excluding tert-OH is 1. The molecule has 122 valence electrons. The van der Waals surface area contributed by atoms with E-state index < -0.39 is 0 Å². The summed E-state index contributed by atoms with van der Waals surface area (Å²) in [6.07, 6.45) is 0.603. The molecule has 6 nitrogen and oxygen atoms in total. The molecule has 0 spiro atoms. The topological polar surface area (TPSA) is 78.9 Å². The molecular weight excluding hydrogens is 328 g/mol. The molecule has 0 saturated carbocycles. The summed E-state index contributed by atoms with van der Waals surface area (Å²) in [6, 6.07) is 3.25. The largest absolute Gasteiger partial charge is 0.396 e. The number of carbonyl (C=O) groups excluding carboxylic acids is 2. The van der Waals surface area contributed by atoms with E-state index in [2.05, 4.69) is 5.32 Å². The van der Waals surface area contributed by atoms with Gasteiger partial charge in [0.2, 0.25) is 5.91 Å². The highest BCUT2D eigenvalue weighted by atomic mass is 35.5. The van der Waals surface area contributed by atoms with Gasteiger partial charge in [-0.3, -0.25) is 9.59 Å². The molecule has 0 bridgehead atoms. The summed E-state index contributed by atoms with van der Waals surface area (Å²) in [4.78, 5) is 26.3. The Labute approximate surface area is 138 Å². The molecular formula is C14H19ClN2O4S. The molecule has 2 heterocycles. The van der Waals surface area contributed by atoms with Crippen LogP contribution in [0.2, 0.25) is 4.34 Å². The fourth-order valence-corrected chi connectivity index (χ4v) is 3.57. The number of nitrogens with zero attached hydrogens (tertiary/aromatic N) is 1. The molecule has 0 aromatic carbocycles. The fraction of sp³-hybridized carbons (Fsp3) is 0.571. The van der Waals surface area contributed by atoms with Crippen molar-refractivity contribution in [3.8, 4) is 0 Å². The normalized spacial score (nSPS) is 21.7. The lowest BCUT2D eigenvalue weighted by molar-refractivity contribution is -0.126. The molecule has 1 aliphatic heterocycles. The van der Waals surface area contributed by atoms with Crippen LogP contribution in [0.15, 0.2) is 12.1 Å². The molecule has 0 unspecified atom stereocenters. The van der Waals surface area contributed by atoms with Crippen LogP contribution in [0.4, 0.5) is 0 Å². The SMILES string of the molecule is COCC(=O)N[C@@H]1CCN(C(=O)c2ccc(Cl)s2)C[C@@H]1CO. The molecule has 8 heteroatoms. The summed E-state index contributed by atoms with van der Waals surface area (Å²) in [7, 11) is 1.45. The number of ether oxygens (including phenoxy) is 1. The van der Waals surface area contributed by atoms with Crippen LogP contribution in [0.1, 0.15) is 16.1 Å². The second-order valence-electron chi connectivity index (χ2n) is 5.19. The van der Waals surface area contributed by atoms with Crippen LogP contribution in [-0.4, -0.2) is 61.3 Å². The quantitative estimate of drug-likeness (QED) is 0.833. The number of aliphatic hydroxyl groups is 1. The number of hydrogen-bond acceptors (Lipinski definition) is 5. The first kappa shape index (κ1) is 17.2. The molecule has 22 heavy (non-hydrogen) atoms. The number of nitrogens with one attached hydrogen (secondary N) is 1. The van der Waals surface area contributed by atoms with Crippen LogP contribution < -0.4 is 5.32 Å². The smallest absolute Gasteiger partial charge is 0.263 e. The number of hydrogen-bond donors (Lipinski definition) is 2. The highest BCUT2D eigenvalue weighted by Gasteiger charge is 2.32. The van der Waals surface area contributed by atoms with E-state index in [4.69, 9.17) is 16.3 Å². The number of rotatable bonds is 5. The van der Waals surface area contributed by atoms with Crippen molar-refractivity contribution >= 4 is 34.8 Å². The molecule has 0 aliphatic carbocycles. The third kappa shape index (κ3) is 4.19. The average molecular weight is 347 g/mol.